The minimum absolute atomic E-state index is 0.118. The molecule has 2 rings (SSSR count). The van der Waals surface area contributed by atoms with Gasteiger partial charge in [0, 0.05) is 25.9 Å². The molecule has 0 bridgehead atoms. The standard InChI is InChI=1S/C12H17N3O3/c16-12(15-6-3-8-17-9-7-15)18-10-14-11-4-1-2-5-13-11/h1-2,4-5H,3,6-10H2,(H,13,14). The monoisotopic (exact) mass is 251 g/mol. The van der Waals surface area contributed by atoms with Crippen molar-refractivity contribution in [2.24, 2.45) is 0 Å². The van der Waals surface area contributed by atoms with E-state index in [9.17, 15) is 4.79 Å². The van der Waals surface area contributed by atoms with Gasteiger partial charge in [-0.25, -0.2) is 9.78 Å². The molecule has 1 N–H and O–H groups in total. The fourth-order valence-corrected chi connectivity index (χ4v) is 1.66. The van der Waals surface area contributed by atoms with Gasteiger partial charge in [0.25, 0.3) is 0 Å². The molecule has 1 aromatic rings. The van der Waals surface area contributed by atoms with Crippen LogP contribution in [0.4, 0.5) is 10.6 Å². The van der Waals surface area contributed by atoms with E-state index in [2.05, 4.69) is 10.3 Å². The van der Waals surface area contributed by atoms with Crippen LogP contribution in [0.2, 0.25) is 0 Å². The maximum absolute atomic E-state index is 11.7. The third-order valence-electron chi connectivity index (χ3n) is 2.59. The van der Waals surface area contributed by atoms with Crippen LogP contribution < -0.4 is 5.32 Å². The Hall–Kier alpha value is -1.82. The lowest BCUT2D eigenvalue weighted by molar-refractivity contribution is 0.102. The number of aromatic nitrogens is 1. The van der Waals surface area contributed by atoms with Crippen LogP contribution in [0.3, 0.4) is 0 Å². The van der Waals surface area contributed by atoms with E-state index in [4.69, 9.17) is 9.47 Å². The summed E-state index contributed by atoms with van der Waals surface area (Å²) in [7, 11) is 0. The summed E-state index contributed by atoms with van der Waals surface area (Å²) in [6.45, 7) is 2.66. The molecule has 0 spiro atoms. The highest BCUT2D eigenvalue weighted by molar-refractivity contribution is 5.67. The Bertz CT molecular complexity index is 364. The summed E-state index contributed by atoms with van der Waals surface area (Å²) in [4.78, 5) is 17.5. The van der Waals surface area contributed by atoms with Crippen molar-refractivity contribution in [3.63, 3.8) is 0 Å². The summed E-state index contributed by atoms with van der Waals surface area (Å²) in [5.41, 5.74) is 0. The highest BCUT2D eigenvalue weighted by Crippen LogP contribution is 2.03. The quantitative estimate of drug-likeness (QED) is 0.821. The normalized spacial score (nSPS) is 15.9. The molecule has 0 aliphatic carbocycles. The zero-order valence-electron chi connectivity index (χ0n) is 10.2. The van der Waals surface area contributed by atoms with Gasteiger partial charge in [-0.2, -0.15) is 0 Å². The molecule has 2 heterocycles. The number of amides is 1. The zero-order chi connectivity index (χ0) is 12.6. The lowest BCUT2D eigenvalue weighted by atomic mass is 10.4. The molecule has 0 unspecified atom stereocenters. The van der Waals surface area contributed by atoms with Crippen molar-refractivity contribution < 1.29 is 14.3 Å². The smallest absolute Gasteiger partial charge is 0.411 e. The van der Waals surface area contributed by atoms with E-state index >= 15 is 0 Å². The van der Waals surface area contributed by atoms with E-state index in [1.54, 1.807) is 11.1 Å². The van der Waals surface area contributed by atoms with Crippen molar-refractivity contribution in [3.05, 3.63) is 24.4 Å². The largest absolute Gasteiger partial charge is 0.428 e. The predicted molar refractivity (Wildman–Crippen MR) is 66.2 cm³/mol. The average molecular weight is 251 g/mol. The second kappa shape index (κ2) is 6.80. The van der Waals surface area contributed by atoms with Gasteiger partial charge in [-0.1, -0.05) is 6.07 Å². The third kappa shape index (κ3) is 3.89. The van der Waals surface area contributed by atoms with Crippen LogP contribution in [-0.4, -0.2) is 49.0 Å². The lowest BCUT2D eigenvalue weighted by Gasteiger charge is -2.19. The Kier molecular flexibility index (Phi) is 4.78. The molecule has 18 heavy (non-hydrogen) atoms. The predicted octanol–water partition coefficient (Wildman–Crippen LogP) is 1.31. The van der Waals surface area contributed by atoms with Crippen molar-refractivity contribution in [2.45, 2.75) is 6.42 Å². The van der Waals surface area contributed by atoms with Crippen LogP contribution in [0.15, 0.2) is 24.4 Å². The SMILES string of the molecule is O=C(OCNc1ccccn1)N1CCCOCC1. The van der Waals surface area contributed by atoms with Gasteiger partial charge in [0.15, 0.2) is 6.73 Å². The van der Waals surface area contributed by atoms with E-state index < -0.39 is 0 Å². The van der Waals surface area contributed by atoms with Gasteiger partial charge in [0.1, 0.15) is 5.82 Å². The maximum atomic E-state index is 11.7. The molecule has 0 radical (unpaired) electrons. The molecule has 1 fully saturated rings. The molecule has 1 aliphatic rings. The van der Waals surface area contributed by atoms with E-state index in [1.165, 1.54) is 0 Å². The first-order valence-electron chi connectivity index (χ1n) is 6.00. The molecule has 6 nitrogen and oxygen atoms in total. The topological polar surface area (TPSA) is 63.7 Å². The number of nitrogens with one attached hydrogen (secondary N) is 1. The Morgan fingerprint density at radius 1 is 1.44 bits per heavy atom. The molecule has 6 heteroatoms. The molecule has 1 amide bonds. The Labute approximate surface area is 106 Å². The van der Waals surface area contributed by atoms with E-state index in [0.29, 0.717) is 32.1 Å². The van der Waals surface area contributed by atoms with Gasteiger partial charge in [0.05, 0.1) is 6.61 Å². The van der Waals surface area contributed by atoms with Crippen LogP contribution in [0.1, 0.15) is 6.42 Å². The Morgan fingerprint density at radius 3 is 3.22 bits per heavy atom. The Balaban J connectivity index is 1.71. The van der Waals surface area contributed by atoms with E-state index in [1.807, 2.05) is 18.2 Å². The molecular weight excluding hydrogens is 234 g/mol. The summed E-state index contributed by atoms with van der Waals surface area (Å²) in [6, 6.07) is 5.51. The minimum atomic E-state index is -0.316. The van der Waals surface area contributed by atoms with Crippen molar-refractivity contribution in [3.8, 4) is 0 Å². The number of hydrogen-bond acceptors (Lipinski definition) is 5. The highest BCUT2D eigenvalue weighted by atomic mass is 16.6. The van der Waals surface area contributed by atoms with E-state index in [-0.39, 0.29) is 12.8 Å². The van der Waals surface area contributed by atoms with Crippen molar-refractivity contribution in [1.29, 1.82) is 0 Å². The molecular formula is C12H17N3O3. The van der Waals surface area contributed by atoms with Crippen LogP contribution in [-0.2, 0) is 9.47 Å². The molecule has 0 saturated carbocycles. The number of hydrogen-bond donors (Lipinski definition) is 1. The third-order valence-corrected chi connectivity index (χ3v) is 2.59. The van der Waals surface area contributed by atoms with Gasteiger partial charge >= 0.3 is 6.09 Å². The van der Waals surface area contributed by atoms with Crippen LogP contribution in [0.5, 0.6) is 0 Å². The van der Waals surface area contributed by atoms with Crippen LogP contribution >= 0.6 is 0 Å². The number of nitrogens with zero attached hydrogens (tertiary/aromatic N) is 2. The van der Waals surface area contributed by atoms with Gasteiger partial charge in [0.2, 0.25) is 0 Å². The first kappa shape index (κ1) is 12.6. The molecule has 1 aromatic heterocycles. The van der Waals surface area contributed by atoms with Crippen LogP contribution in [0.25, 0.3) is 0 Å². The van der Waals surface area contributed by atoms with Gasteiger partial charge in [-0.3, -0.25) is 0 Å². The fourth-order valence-electron chi connectivity index (χ4n) is 1.66. The maximum Gasteiger partial charge on any atom is 0.411 e. The lowest BCUT2D eigenvalue weighted by Crippen LogP contribution is -2.34. The van der Waals surface area contributed by atoms with Gasteiger partial charge in [-0.15, -0.1) is 0 Å². The second-order valence-corrected chi connectivity index (χ2v) is 3.90. The van der Waals surface area contributed by atoms with Gasteiger partial charge < -0.3 is 19.7 Å². The van der Waals surface area contributed by atoms with Crippen LogP contribution in [0, 0.1) is 0 Å². The van der Waals surface area contributed by atoms with Crippen molar-refractivity contribution >= 4 is 11.9 Å². The summed E-state index contributed by atoms with van der Waals surface area (Å²) in [6.07, 6.45) is 2.21. The number of ether oxygens (including phenoxy) is 2. The number of anilines is 1. The molecule has 0 aromatic carbocycles. The molecule has 0 atom stereocenters. The highest BCUT2D eigenvalue weighted by Gasteiger charge is 2.16. The minimum Gasteiger partial charge on any atom is -0.428 e. The van der Waals surface area contributed by atoms with Crippen molar-refractivity contribution in [1.82, 2.24) is 9.88 Å². The second-order valence-electron chi connectivity index (χ2n) is 3.90. The Morgan fingerprint density at radius 2 is 2.39 bits per heavy atom. The number of rotatable bonds is 3. The first-order valence-corrected chi connectivity index (χ1v) is 6.00. The summed E-state index contributed by atoms with van der Waals surface area (Å²) < 4.78 is 10.4. The summed E-state index contributed by atoms with van der Waals surface area (Å²) in [5.74, 6) is 0.685. The van der Waals surface area contributed by atoms with E-state index in [0.717, 1.165) is 6.42 Å². The van der Waals surface area contributed by atoms with Crippen molar-refractivity contribution in [2.75, 3.05) is 38.4 Å². The van der Waals surface area contributed by atoms with Gasteiger partial charge in [-0.05, 0) is 18.6 Å². The first-order chi connectivity index (χ1) is 8.86. The molecule has 1 saturated heterocycles. The number of pyridine rings is 1. The summed E-state index contributed by atoms with van der Waals surface area (Å²) >= 11 is 0. The number of carbonyl (C=O) groups excluding carboxylic acids is 1. The average Bonchev–Trinajstić information content (AvgIpc) is 2.69. The fraction of sp³-hybridized carbons (Fsp3) is 0.500. The summed E-state index contributed by atoms with van der Waals surface area (Å²) in [5, 5.41) is 2.92. The molecule has 98 valence electrons. The number of carbonyl (C=O) groups is 1. The zero-order valence-corrected chi connectivity index (χ0v) is 10.2. The molecule has 1 aliphatic heterocycles.